The molecule has 0 bridgehead atoms. The second kappa shape index (κ2) is 7.72. The first-order chi connectivity index (χ1) is 12.4. The van der Waals surface area contributed by atoms with Crippen molar-refractivity contribution in [1.29, 1.82) is 0 Å². The minimum Gasteiger partial charge on any atom is -0.340 e. The molecule has 1 unspecified atom stereocenters. The van der Waals surface area contributed by atoms with Crippen molar-refractivity contribution in [3.8, 4) is 0 Å². The van der Waals surface area contributed by atoms with Gasteiger partial charge in [-0.2, -0.15) is 0 Å². The van der Waals surface area contributed by atoms with Gasteiger partial charge in [-0.3, -0.25) is 14.4 Å². The van der Waals surface area contributed by atoms with Crippen molar-refractivity contribution in [3.63, 3.8) is 0 Å². The van der Waals surface area contributed by atoms with Crippen molar-refractivity contribution in [3.05, 3.63) is 64.1 Å². The molecule has 134 valence electrons. The Morgan fingerprint density at radius 3 is 2.65 bits per heavy atom. The number of hydrogen-bond donors (Lipinski definition) is 3. The molecule has 3 rings (SSSR count). The zero-order valence-electron chi connectivity index (χ0n) is 13.7. The summed E-state index contributed by atoms with van der Waals surface area (Å²) < 4.78 is 0.361. The summed E-state index contributed by atoms with van der Waals surface area (Å²) in [4.78, 5) is 36.8. The van der Waals surface area contributed by atoms with Crippen LogP contribution in [0.3, 0.4) is 0 Å². The topological polar surface area (TPSA) is 87.3 Å². The number of thiophene rings is 1. The van der Waals surface area contributed by atoms with Crippen molar-refractivity contribution in [1.82, 2.24) is 10.6 Å². The quantitative estimate of drug-likeness (QED) is 0.750. The molecule has 1 aliphatic rings. The number of anilines is 1. The lowest BCUT2D eigenvalue weighted by molar-refractivity contribution is -0.123. The summed E-state index contributed by atoms with van der Waals surface area (Å²) >= 11 is 7.11. The Morgan fingerprint density at radius 1 is 1.23 bits per heavy atom. The Bertz CT molecular complexity index is 879. The lowest BCUT2D eigenvalue weighted by Gasteiger charge is -2.24. The highest BCUT2D eigenvalue weighted by Gasteiger charge is 2.27. The maximum absolute atomic E-state index is 12.6. The van der Waals surface area contributed by atoms with Crippen molar-refractivity contribution in [2.75, 3.05) is 5.32 Å². The van der Waals surface area contributed by atoms with Crippen LogP contribution in [-0.4, -0.2) is 23.8 Å². The van der Waals surface area contributed by atoms with Gasteiger partial charge in [0.15, 0.2) is 0 Å². The minimum absolute atomic E-state index is 0.224. The SMILES string of the molecule is C=C1CCC(NC(=O)c2cc(Cl)sc2NC(=O)c2ccccc2)C(=O)N1. The lowest BCUT2D eigenvalue weighted by atomic mass is 10.0. The molecule has 1 aromatic carbocycles. The number of hydrogen-bond acceptors (Lipinski definition) is 4. The number of allylic oxidation sites excluding steroid dienone is 1. The van der Waals surface area contributed by atoms with Crippen LogP contribution in [0.1, 0.15) is 33.6 Å². The van der Waals surface area contributed by atoms with Gasteiger partial charge in [0.1, 0.15) is 11.0 Å². The average Bonchev–Trinajstić information content (AvgIpc) is 2.98. The van der Waals surface area contributed by atoms with Crippen molar-refractivity contribution in [2.24, 2.45) is 0 Å². The molecule has 0 saturated carbocycles. The molecule has 1 aromatic heterocycles. The predicted octanol–water partition coefficient (Wildman–Crippen LogP) is 3.18. The van der Waals surface area contributed by atoms with Gasteiger partial charge in [-0.1, -0.05) is 36.4 Å². The molecule has 1 fully saturated rings. The minimum atomic E-state index is -0.649. The van der Waals surface area contributed by atoms with E-state index in [9.17, 15) is 14.4 Å². The van der Waals surface area contributed by atoms with Crippen LogP contribution in [0.5, 0.6) is 0 Å². The number of nitrogens with one attached hydrogen (secondary N) is 3. The maximum Gasteiger partial charge on any atom is 0.256 e. The second-order valence-corrected chi connectivity index (χ2v) is 7.45. The van der Waals surface area contributed by atoms with Gasteiger partial charge in [-0.15, -0.1) is 11.3 Å². The molecular formula is C18H16ClN3O3S. The second-order valence-electron chi connectivity index (χ2n) is 5.77. The van der Waals surface area contributed by atoms with E-state index in [-0.39, 0.29) is 17.4 Å². The van der Waals surface area contributed by atoms with Crippen LogP contribution in [0.15, 0.2) is 48.7 Å². The Hall–Kier alpha value is -2.64. The molecule has 8 heteroatoms. The number of rotatable bonds is 4. The third-order valence-corrected chi connectivity index (χ3v) is 5.05. The van der Waals surface area contributed by atoms with Gasteiger partial charge in [-0.05, 0) is 31.0 Å². The molecule has 1 atom stereocenters. The molecule has 2 aromatic rings. The molecule has 26 heavy (non-hydrogen) atoms. The molecule has 0 aliphatic carbocycles. The zero-order chi connectivity index (χ0) is 18.7. The van der Waals surface area contributed by atoms with E-state index < -0.39 is 11.9 Å². The molecule has 3 N–H and O–H groups in total. The van der Waals surface area contributed by atoms with Crippen LogP contribution in [0.25, 0.3) is 0 Å². The van der Waals surface area contributed by atoms with Gasteiger partial charge in [0.25, 0.3) is 11.8 Å². The molecule has 1 aliphatic heterocycles. The van der Waals surface area contributed by atoms with Gasteiger partial charge in [0, 0.05) is 11.3 Å². The third-order valence-electron chi connectivity index (χ3n) is 3.87. The van der Waals surface area contributed by atoms with Gasteiger partial charge < -0.3 is 16.0 Å². The highest BCUT2D eigenvalue weighted by atomic mass is 35.5. The first-order valence-electron chi connectivity index (χ1n) is 7.89. The van der Waals surface area contributed by atoms with Gasteiger partial charge >= 0.3 is 0 Å². The van der Waals surface area contributed by atoms with E-state index in [2.05, 4.69) is 22.5 Å². The maximum atomic E-state index is 12.6. The fraction of sp³-hybridized carbons (Fsp3) is 0.167. The van der Waals surface area contributed by atoms with E-state index in [1.54, 1.807) is 24.3 Å². The highest BCUT2D eigenvalue weighted by molar-refractivity contribution is 7.20. The number of carbonyl (C=O) groups is 3. The first-order valence-corrected chi connectivity index (χ1v) is 9.08. The lowest BCUT2D eigenvalue weighted by Crippen LogP contribution is -2.49. The normalized spacial score (nSPS) is 16.7. The van der Waals surface area contributed by atoms with Crippen LogP contribution < -0.4 is 16.0 Å². The summed E-state index contributed by atoms with van der Waals surface area (Å²) in [6.07, 6.45) is 1.07. The molecule has 0 spiro atoms. The van der Waals surface area contributed by atoms with Gasteiger partial charge in [0.05, 0.1) is 9.90 Å². The van der Waals surface area contributed by atoms with Crippen molar-refractivity contribution >= 4 is 45.7 Å². The van der Waals surface area contributed by atoms with E-state index in [4.69, 9.17) is 11.6 Å². The van der Waals surface area contributed by atoms with Crippen molar-refractivity contribution < 1.29 is 14.4 Å². The average molecular weight is 390 g/mol. The summed E-state index contributed by atoms with van der Waals surface area (Å²) in [5.41, 5.74) is 1.32. The number of amides is 3. The van der Waals surface area contributed by atoms with Gasteiger partial charge in [-0.25, -0.2) is 0 Å². The fourth-order valence-electron chi connectivity index (χ4n) is 2.53. The molecule has 3 amide bonds. The molecule has 6 nitrogen and oxygen atoms in total. The summed E-state index contributed by atoms with van der Waals surface area (Å²) in [7, 11) is 0. The van der Waals surface area contributed by atoms with Crippen LogP contribution in [0, 0.1) is 0 Å². The van der Waals surface area contributed by atoms with E-state index in [1.807, 2.05) is 6.07 Å². The predicted molar refractivity (Wildman–Crippen MR) is 101 cm³/mol. The Balaban J connectivity index is 1.74. The number of piperidine rings is 1. The molecule has 0 radical (unpaired) electrons. The highest BCUT2D eigenvalue weighted by Crippen LogP contribution is 2.32. The first kappa shape index (κ1) is 18.2. The van der Waals surface area contributed by atoms with Crippen LogP contribution in [-0.2, 0) is 4.79 Å². The van der Waals surface area contributed by atoms with E-state index in [0.717, 1.165) is 11.3 Å². The number of benzene rings is 1. The van der Waals surface area contributed by atoms with E-state index in [0.29, 0.717) is 33.4 Å². The molecule has 1 saturated heterocycles. The summed E-state index contributed by atoms with van der Waals surface area (Å²) in [6, 6.07) is 9.47. The summed E-state index contributed by atoms with van der Waals surface area (Å²) in [5, 5.41) is 8.33. The van der Waals surface area contributed by atoms with Crippen molar-refractivity contribution in [2.45, 2.75) is 18.9 Å². The molecular weight excluding hydrogens is 374 g/mol. The van der Waals surface area contributed by atoms with Crippen LogP contribution in [0.4, 0.5) is 5.00 Å². The summed E-state index contributed by atoms with van der Waals surface area (Å²) in [6.45, 7) is 3.71. The monoisotopic (exact) mass is 389 g/mol. The Labute approximate surface area is 159 Å². The fourth-order valence-corrected chi connectivity index (χ4v) is 3.65. The van der Waals surface area contributed by atoms with Gasteiger partial charge in [0.2, 0.25) is 5.91 Å². The van der Waals surface area contributed by atoms with E-state index >= 15 is 0 Å². The standard InChI is InChI=1S/C18H16ClN3O3S/c1-10-7-8-13(17(25)20-10)21-16(24)12-9-14(19)26-18(12)22-15(23)11-5-3-2-4-6-11/h2-6,9,13H,1,7-8H2,(H,20,25)(H,21,24)(H,22,23). The smallest absolute Gasteiger partial charge is 0.256 e. The Kier molecular flexibility index (Phi) is 5.39. The van der Waals surface area contributed by atoms with Crippen LogP contribution >= 0.6 is 22.9 Å². The molecule has 2 heterocycles. The largest absolute Gasteiger partial charge is 0.340 e. The zero-order valence-corrected chi connectivity index (χ0v) is 15.2. The van der Waals surface area contributed by atoms with E-state index in [1.165, 1.54) is 6.07 Å². The van der Waals surface area contributed by atoms with Crippen LogP contribution in [0.2, 0.25) is 4.34 Å². The Morgan fingerprint density at radius 2 is 1.96 bits per heavy atom. The number of carbonyl (C=O) groups excluding carboxylic acids is 3. The number of halogens is 1. The summed E-state index contributed by atoms with van der Waals surface area (Å²) in [5.74, 6) is -1.11. The third kappa shape index (κ3) is 4.12.